The quantitative estimate of drug-likeness (QED) is 0.708. The number of ether oxygens (including phenoxy) is 1. The monoisotopic (exact) mass is 256 g/mol. The minimum Gasteiger partial charge on any atom is -0.376 e. The smallest absolute Gasteiger partial charge is 0.0674 e. The molecule has 0 aromatic rings. The lowest BCUT2D eigenvalue weighted by atomic mass is 9.91. The van der Waals surface area contributed by atoms with Crippen molar-refractivity contribution in [3.8, 4) is 0 Å². The molecule has 0 saturated carbocycles. The number of nitrogens with zero attached hydrogens (tertiary/aromatic N) is 1. The molecule has 1 rings (SSSR count). The Kier molecular flexibility index (Phi) is 6.61. The molecule has 0 aliphatic carbocycles. The lowest BCUT2D eigenvalue weighted by Crippen LogP contribution is -2.52. The first-order valence-electron chi connectivity index (χ1n) is 7.55. The molecule has 0 aromatic carbocycles. The topological polar surface area (TPSA) is 24.5 Å². The zero-order chi connectivity index (χ0) is 13.6. The fraction of sp³-hybridized carbons (Fsp3) is 1.00. The van der Waals surface area contributed by atoms with Crippen molar-refractivity contribution in [2.45, 2.75) is 59.6 Å². The third-order valence-electron chi connectivity index (χ3n) is 3.71. The van der Waals surface area contributed by atoms with Crippen LogP contribution in [0.15, 0.2) is 0 Å². The van der Waals surface area contributed by atoms with E-state index < -0.39 is 0 Å². The van der Waals surface area contributed by atoms with E-state index >= 15 is 0 Å². The lowest BCUT2D eigenvalue weighted by molar-refractivity contribution is -0.0663. The summed E-state index contributed by atoms with van der Waals surface area (Å²) in [7, 11) is 0. The molecular formula is C15H32N2O. The van der Waals surface area contributed by atoms with Crippen molar-refractivity contribution >= 4 is 0 Å². The van der Waals surface area contributed by atoms with Crippen LogP contribution in [-0.4, -0.2) is 49.8 Å². The fourth-order valence-electron chi connectivity index (χ4n) is 2.69. The van der Waals surface area contributed by atoms with Gasteiger partial charge < -0.3 is 10.1 Å². The van der Waals surface area contributed by atoms with Gasteiger partial charge in [-0.15, -0.1) is 0 Å². The molecule has 18 heavy (non-hydrogen) atoms. The van der Waals surface area contributed by atoms with E-state index in [1.165, 1.54) is 12.8 Å². The molecule has 108 valence electrons. The number of morpholine rings is 1. The molecule has 3 nitrogen and oxygen atoms in total. The molecule has 2 atom stereocenters. The van der Waals surface area contributed by atoms with Crippen molar-refractivity contribution in [2.75, 3.05) is 32.8 Å². The first-order valence-corrected chi connectivity index (χ1v) is 7.55. The van der Waals surface area contributed by atoms with Crippen molar-refractivity contribution < 1.29 is 4.74 Å². The standard InChI is InChI=1S/C15H32N2O/c1-6-8-16-11-15(4,5)12-17-9-13(3)18-10-14(17)7-2/h13-14,16H,6-12H2,1-5H3. The molecule has 0 amide bonds. The van der Waals surface area contributed by atoms with Gasteiger partial charge in [0.05, 0.1) is 12.7 Å². The van der Waals surface area contributed by atoms with Gasteiger partial charge in [-0.25, -0.2) is 0 Å². The van der Waals surface area contributed by atoms with Crippen LogP contribution < -0.4 is 5.32 Å². The van der Waals surface area contributed by atoms with E-state index in [0.717, 1.165) is 32.8 Å². The molecule has 2 unspecified atom stereocenters. The fourth-order valence-corrected chi connectivity index (χ4v) is 2.69. The molecule has 0 spiro atoms. The second-order valence-corrected chi connectivity index (χ2v) is 6.48. The molecule has 1 aliphatic heterocycles. The normalized spacial score (nSPS) is 26.5. The summed E-state index contributed by atoms with van der Waals surface area (Å²) in [4.78, 5) is 2.63. The summed E-state index contributed by atoms with van der Waals surface area (Å²) in [6, 6.07) is 0.603. The van der Waals surface area contributed by atoms with Gasteiger partial charge in [0.2, 0.25) is 0 Å². The van der Waals surface area contributed by atoms with Crippen LogP contribution in [0.3, 0.4) is 0 Å². The highest BCUT2D eigenvalue weighted by atomic mass is 16.5. The Morgan fingerprint density at radius 2 is 2.06 bits per heavy atom. The zero-order valence-electron chi connectivity index (χ0n) is 13.0. The van der Waals surface area contributed by atoms with Gasteiger partial charge in [0.1, 0.15) is 0 Å². The van der Waals surface area contributed by atoms with E-state index in [2.05, 4.69) is 44.8 Å². The van der Waals surface area contributed by atoms with Crippen LogP contribution in [0.4, 0.5) is 0 Å². The SMILES string of the molecule is CCCNCC(C)(C)CN1CC(C)OCC1CC. The van der Waals surface area contributed by atoms with Crippen LogP contribution in [0.2, 0.25) is 0 Å². The summed E-state index contributed by atoms with van der Waals surface area (Å²) < 4.78 is 5.77. The van der Waals surface area contributed by atoms with Crippen LogP contribution in [-0.2, 0) is 4.74 Å². The summed E-state index contributed by atoms with van der Waals surface area (Å²) >= 11 is 0. The molecule has 3 heteroatoms. The first-order chi connectivity index (χ1) is 8.48. The van der Waals surface area contributed by atoms with E-state index in [0.29, 0.717) is 17.6 Å². The molecule has 1 heterocycles. The van der Waals surface area contributed by atoms with Crippen LogP contribution in [0, 0.1) is 5.41 Å². The largest absolute Gasteiger partial charge is 0.376 e. The molecular weight excluding hydrogens is 224 g/mol. The van der Waals surface area contributed by atoms with E-state index in [1.54, 1.807) is 0 Å². The Morgan fingerprint density at radius 1 is 1.33 bits per heavy atom. The predicted molar refractivity (Wildman–Crippen MR) is 78.0 cm³/mol. The van der Waals surface area contributed by atoms with Gasteiger partial charge in [0.15, 0.2) is 0 Å². The Labute approximate surface area is 113 Å². The molecule has 1 fully saturated rings. The summed E-state index contributed by atoms with van der Waals surface area (Å²) in [6.07, 6.45) is 2.78. The minimum absolute atomic E-state index is 0.333. The first kappa shape index (κ1) is 15.9. The van der Waals surface area contributed by atoms with Crippen LogP contribution >= 0.6 is 0 Å². The molecule has 1 aliphatic rings. The summed E-state index contributed by atoms with van der Waals surface area (Å²) in [6.45, 7) is 16.8. The molecule has 0 bridgehead atoms. The molecule has 0 aromatic heterocycles. The second-order valence-electron chi connectivity index (χ2n) is 6.48. The maximum absolute atomic E-state index is 5.77. The molecule has 0 radical (unpaired) electrons. The Bertz CT molecular complexity index is 231. The van der Waals surface area contributed by atoms with E-state index in [-0.39, 0.29) is 0 Å². The third kappa shape index (κ3) is 5.25. The van der Waals surface area contributed by atoms with E-state index in [1.807, 2.05) is 0 Å². The van der Waals surface area contributed by atoms with Gasteiger partial charge in [-0.3, -0.25) is 4.90 Å². The predicted octanol–water partition coefficient (Wildman–Crippen LogP) is 2.51. The van der Waals surface area contributed by atoms with Crippen molar-refractivity contribution in [3.63, 3.8) is 0 Å². The van der Waals surface area contributed by atoms with Crippen molar-refractivity contribution in [2.24, 2.45) is 5.41 Å². The van der Waals surface area contributed by atoms with Crippen molar-refractivity contribution in [1.82, 2.24) is 10.2 Å². The van der Waals surface area contributed by atoms with Gasteiger partial charge in [-0.1, -0.05) is 27.7 Å². The summed E-state index contributed by atoms with van der Waals surface area (Å²) in [5, 5.41) is 3.55. The third-order valence-corrected chi connectivity index (χ3v) is 3.71. The minimum atomic E-state index is 0.333. The van der Waals surface area contributed by atoms with Gasteiger partial charge in [0.25, 0.3) is 0 Å². The second kappa shape index (κ2) is 7.46. The van der Waals surface area contributed by atoms with Gasteiger partial charge >= 0.3 is 0 Å². The highest BCUT2D eigenvalue weighted by molar-refractivity contribution is 4.84. The Balaban J connectivity index is 2.45. The lowest BCUT2D eigenvalue weighted by Gasteiger charge is -2.42. The Morgan fingerprint density at radius 3 is 2.67 bits per heavy atom. The highest BCUT2D eigenvalue weighted by Gasteiger charge is 2.30. The summed E-state index contributed by atoms with van der Waals surface area (Å²) in [5.74, 6) is 0. The van der Waals surface area contributed by atoms with Crippen LogP contribution in [0.5, 0.6) is 0 Å². The highest BCUT2D eigenvalue weighted by Crippen LogP contribution is 2.22. The average Bonchev–Trinajstić information content (AvgIpc) is 2.29. The van der Waals surface area contributed by atoms with Crippen LogP contribution in [0.1, 0.15) is 47.5 Å². The maximum atomic E-state index is 5.77. The number of nitrogens with one attached hydrogen (secondary N) is 1. The van der Waals surface area contributed by atoms with Gasteiger partial charge in [-0.05, 0) is 31.7 Å². The Hall–Kier alpha value is -0.120. The van der Waals surface area contributed by atoms with E-state index in [4.69, 9.17) is 4.74 Å². The van der Waals surface area contributed by atoms with Crippen molar-refractivity contribution in [1.29, 1.82) is 0 Å². The maximum Gasteiger partial charge on any atom is 0.0674 e. The van der Waals surface area contributed by atoms with Gasteiger partial charge in [-0.2, -0.15) is 0 Å². The number of hydrogen-bond acceptors (Lipinski definition) is 3. The number of hydrogen-bond donors (Lipinski definition) is 1. The average molecular weight is 256 g/mol. The van der Waals surface area contributed by atoms with E-state index in [9.17, 15) is 0 Å². The van der Waals surface area contributed by atoms with Gasteiger partial charge in [0, 0.05) is 25.7 Å². The number of rotatable bonds is 7. The summed E-state index contributed by atoms with van der Waals surface area (Å²) in [5.41, 5.74) is 0.333. The van der Waals surface area contributed by atoms with Crippen LogP contribution in [0.25, 0.3) is 0 Å². The zero-order valence-corrected chi connectivity index (χ0v) is 13.0. The molecule has 1 saturated heterocycles. The van der Waals surface area contributed by atoms with Crippen molar-refractivity contribution in [3.05, 3.63) is 0 Å². The molecule has 1 N–H and O–H groups in total.